The zero-order chi connectivity index (χ0) is 21.4. The molecule has 0 saturated heterocycles. The Labute approximate surface area is 180 Å². The molecule has 0 unspecified atom stereocenters. The highest BCUT2D eigenvalue weighted by atomic mass is 35.5. The van der Waals surface area contributed by atoms with Crippen LogP contribution in [0.2, 0.25) is 5.02 Å². The number of carbonyl (C=O) groups excluding carboxylic acids is 1. The van der Waals surface area contributed by atoms with Crippen molar-refractivity contribution in [1.82, 2.24) is 15.4 Å². The highest BCUT2D eigenvalue weighted by Crippen LogP contribution is 2.33. The summed E-state index contributed by atoms with van der Waals surface area (Å²) in [5, 5.41) is 14.9. The fraction of sp³-hybridized carbons (Fsp3) is 0.143. The van der Waals surface area contributed by atoms with Crippen LogP contribution in [-0.2, 0) is 6.42 Å². The van der Waals surface area contributed by atoms with Gasteiger partial charge in [-0.3, -0.25) is 10.1 Å². The van der Waals surface area contributed by atoms with E-state index in [4.69, 9.17) is 30.0 Å². The van der Waals surface area contributed by atoms with Crippen LogP contribution in [0.15, 0.2) is 51.4 Å². The molecule has 156 valence electrons. The summed E-state index contributed by atoms with van der Waals surface area (Å²) in [5.41, 5.74) is 2.06. The largest absolute Gasteiger partial charge is 0.454 e. The van der Waals surface area contributed by atoms with Crippen LogP contribution in [0.3, 0.4) is 0 Å². The molecule has 4 aromatic rings. The van der Waals surface area contributed by atoms with Gasteiger partial charge in [-0.05, 0) is 30.7 Å². The number of hydrogen-bond donors (Lipinski definition) is 1. The van der Waals surface area contributed by atoms with E-state index in [1.165, 1.54) is 0 Å². The number of nitrogens with zero attached hydrogens (tertiary/aromatic N) is 3. The molecule has 0 bridgehead atoms. The molecule has 1 aliphatic heterocycles. The van der Waals surface area contributed by atoms with Gasteiger partial charge in [0.1, 0.15) is 17.0 Å². The first-order valence-electron chi connectivity index (χ1n) is 9.32. The van der Waals surface area contributed by atoms with Crippen molar-refractivity contribution in [3.05, 3.63) is 70.3 Å². The number of aromatic nitrogens is 3. The predicted molar refractivity (Wildman–Crippen MR) is 109 cm³/mol. The summed E-state index contributed by atoms with van der Waals surface area (Å²) in [6.07, 6.45) is 0.372. The van der Waals surface area contributed by atoms with Crippen LogP contribution < -0.4 is 14.8 Å². The standard InChI is InChI=1S/C21H15ClN4O5/c1-11-18(19(26-31-11)13-4-2-3-5-14(13)22)20(27)23-21-25-24-17(30-21)9-12-6-7-15-16(8-12)29-10-28-15/h2-8H,9-10H2,1H3,(H,23,25,27). The second kappa shape index (κ2) is 7.77. The number of anilines is 1. The molecule has 5 rings (SSSR count). The molecule has 0 saturated carbocycles. The van der Waals surface area contributed by atoms with E-state index in [2.05, 4.69) is 20.7 Å². The first kappa shape index (κ1) is 19.1. The molecular formula is C21H15ClN4O5. The van der Waals surface area contributed by atoms with E-state index in [9.17, 15) is 4.79 Å². The molecule has 0 fully saturated rings. The van der Waals surface area contributed by atoms with Gasteiger partial charge < -0.3 is 18.4 Å². The zero-order valence-electron chi connectivity index (χ0n) is 16.2. The van der Waals surface area contributed by atoms with Gasteiger partial charge in [-0.2, -0.15) is 0 Å². The minimum Gasteiger partial charge on any atom is -0.454 e. The van der Waals surface area contributed by atoms with Crippen LogP contribution in [0.1, 0.15) is 27.6 Å². The van der Waals surface area contributed by atoms with Crippen LogP contribution in [-0.4, -0.2) is 28.1 Å². The molecule has 2 aromatic heterocycles. The summed E-state index contributed by atoms with van der Waals surface area (Å²) in [7, 11) is 0. The van der Waals surface area contributed by atoms with Gasteiger partial charge in [0.25, 0.3) is 5.91 Å². The van der Waals surface area contributed by atoms with E-state index in [1.807, 2.05) is 18.2 Å². The molecule has 31 heavy (non-hydrogen) atoms. The molecule has 1 N–H and O–H groups in total. The van der Waals surface area contributed by atoms with Crippen molar-refractivity contribution in [2.75, 3.05) is 12.1 Å². The molecule has 0 aliphatic carbocycles. The van der Waals surface area contributed by atoms with Crippen molar-refractivity contribution < 1.29 is 23.2 Å². The average molecular weight is 439 g/mol. The fourth-order valence-electron chi connectivity index (χ4n) is 3.24. The minimum atomic E-state index is -0.494. The lowest BCUT2D eigenvalue weighted by atomic mass is 10.1. The number of fused-ring (bicyclic) bond motifs is 1. The molecule has 0 atom stereocenters. The molecule has 0 spiro atoms. The molecule has 3 heterocycles. The number of rotatable bonds is 5. The molecule has 0 radical (unpaired) electrons. The predicted octanol–water partition coefficient (Wildman–Crippen LogP) is 4.26. The Balaban J connectivity index is 1.34. The summed E-state index contributed by atoms with van der Waals surface area (Å²) in [6, 6.07) is 12.6. The van der Waals surface area contributed by atoms with Gasteiger partial charge in [0.2, 0.25) is 12.7 Å². The van der Waals surface area contributed by atoms with Crippen LogP contribution >= 0.6 is 11.6 Å². The maximum atomic E-state index is 12.9. The van der Waals surface area contributed by atoms with Crippen molar-refractivity contribution in [3.63, 3.8) is 0 Å². The second-order valence-corrected chi connectivity index (χ2v) is 7.17. The Kier molecular flexibility index (Phi) is 4.79. The van der Waals surface area contributed by atoms with Gasteiger partial charge in [-0.15, -0.1) is 5.10 Å². The average Bonchev–Trinajstić information content (AvgIpc) is 3.48. The van der Waals surface area contributed by atoms with E-state index in [0.717, 1.165) is 5.56 Å². The Morgan fingerprint density at radius 2 is 1.97 bits per heavy atom. The summed E-state index contributed by atoms with van der Waals surface area (Å²) >= 11 is 6.25. The topological polar surface area (TPSA) is 113 Å². The van der Waals surface area contributed by atoms with Crippen molar-refractivity contribution in [2.45, 2.75) is 13.3 Å². The van der Waals surface area contributed by atoms with E-state index < -0.39 is 5.91 Å². The van der Waals surface area contributed by atoms with Gasteiger partial charge >= 0.3 is 6.01 Å². The van der Waals surface area contributed by atoms with Gasteiger partial charge in [0, 0.05) is 5.56 Å². The third-order valence-corrected chi connectivity index (χ3v) is 5.03. The van der Waals surface area contributed by atoms with E-state index in [-0.39, 0.29) is 18.4 Å². The van der Waals surface area contributed by atoms with Gasteiger partial charge in [0.05, 0.1) is 11.4 Å². The molecular weight excluding hydrogens is 424 g/mol. The normalized spacial score (nSPS) is 12.2. The fourth-order valence-corrected chi connectivity index (χ4v) is 3.46. The molecule has 2 aromatic carbocycles. The smallest absolute Gasteiger partial charge is 0.322 e. The number of hydrogen-bond acceptors (Lipinski definition) is 8. The quantitative estimate of drug-likeness (QED) is 0.491. The van der Waals surface area contributed by atoms with Gasteiger partial charge in [-0.1, -0.05) is 46.1 Å². The molecule has 1 amide bonds. The van der Waals surface area contributed by atoms with Gasteiger partial charge in [-0.25, -0.2) is 0 Å². The van der Waals surface area contributed by atoms with Crippen molar-refractivity contribution in [2.24, 2.45) is 0 Å². The van der Waals surface area contributed by atoms with Crippen LogP contribution in [0.25, 0.3) is 11.3 Å². The second-order valence-electron chi connectivity index (χ2n) is 6.76. The number of ether oxygens (including phenoxy) is 2. The maximum absolute atomic E-state index is 12.9. The highest BCUT2D eigenvalue weighted by Gasteiger charge is 2.24. The first-order chi connectivity index (χ1) is 15.1. The summed E-state index contributed by atoms with van der Waals surface area (Å²) in [6.45, 7) is 1.84. The zero-order valence-corrected chi connectivity index (χ0v) is 17.0. The van der Waals surface area contributed by atoms with E-state index >= 15 is 0 Å². The Morgan fingerprint density at radius 3 is 2.84 bits per heavy atom. The number of nitrogens with one attached hydrogen (secondary N) is 1. The number of amides is 1. The van der Waals surface area contributed by atoms with Crippen molar-refractivity contribution >= 4 is 23.5 Å². The minimum absolute atomic E-state index is 0.0357. The molecule has 9 nitrogen and oxygen atoms in total. The lowest BCUT2D eigenvalue weighted by Gasteiger charge is -2.04. The summed E-state index contributed by atoms with van der Waals surface area (Å²) < 4.78 is 21.5. The number of carbonyl (C=O) groups is 1. The lowest BCUT2D eigenvalue weighted by molar-refractivity contribution is 0.102. The Bertz CT molecular complexity index is 1280. The first-order valence-corrected chi connectivity index (χ1v) is 9.69. The van der Waals surface area contributed by atoms with Crippen LogP contribution in [0.5, 0.6) is 11.5 Å². The highest BCUT2D eigenvalue weighted by molar-refractivity contribution is 6.33. The number of halogens is 1. The summed E-state index contributed by atoms with van der Waals surface area (Å²) in [5.74, 6) is 1.54. The van der Waals surface area contributed by atoms with Crippen LogP contribution in [0, 0.1) is 6.92 Å². The monoisotopic (exact) mass is 438 g/mol. The van der Waals surface area contributed by atoms with Crippen LogP contribution in [0.4, 0.5) is 6.01 Å². The third kappa shape index (κ3) is 3.71. The van der Waals surface area contributed by atoms with Crippen molar-refractivity contribution in [1.29, 1.82) is 0 Å². The van der Waals surface area contributed by atoms with E-state index in [1.54, 1.807) is 31.2 Å². The molecule has 1 aliphatic rings. The lowest BCUT2D eigenvalue weighted by Crippen LogP contribution is -2.13. The SMILES string of the molecule is Cc1onc(-c2ccccc2Cl)c1C(=O)Nc1nnc(Cc2ccc3c(c2)OCO3)o1. The third-order valence-electron chi connectivity index (χ3n) is 4.70. The van der Waals surface area contributed by atoms with Gasteiger partial charge in [0.15, 0.2) is 11.5 Å². The van der Waals surface area contributed by atoms with Crippen molar-refractivity contribution in [3.8, 4) is 22.8 Å². The maximum Gasteiger partial charge on any atom is 0.322 e. The summed E-state index contributed by atoms with van der Waals surface area (Å²) in [4.78, 5) is 12.9. The number of benzene rings is 2. The number of aryl methyl sites for hydroxylation is 1. The molecule has 10 heteroatoms. The Hall–Kier alpha value is -3.85. The Morgan fingerprint density at radius 1 is 1.13 bits per heavy atom. The van der Waals surface area contributed by atoms with E-state index in [0.29, 0.717) is 45.9 Å².